The Labute approximate surface area is 115 Å². The highest BCUT2D eigenvalue weighted by Gasteiger charge is 2.21. The zero-order valence-electron chi connectivity index (χ0n) is 13.2. The van der Waals surface area contributed by atoms with E-state index < -0.39 is 0 Å². The van der Waals surface area contributed by atoms with Crippen molar-refractivity contribution in [2.45, 2.75) is 97.9 Å². The fourth-order valence-electron chi connectivity index (χ4n) is 2.12. The molecule has 2 heteroatoms. The van der Waals surface area contributed by atoms with Gasteiger partial charge in [-0.2, -0.15) is 0 Å². The molecule has 0 radical (unpaired) electrons. The molecule has 0 heterocycles. The van der Waals surface area contributed by atoms with E-state index in [0.29, 0.717) is 11.5 Å². The summed E-state index contributed by atoms with van der Waals surface area (Å²) in [6.07, 6.45) is 14.0. The maximum absolute atomic E-state index is 5.98. The molecule has 0 fully saturated rings. The van der Waals surface area contributed by atoms with Crippen LogP contribution in [0.3, 0.4) is 0 Å². The summed E-state index contributed by atoms with van der Waals surface area (Å²) < 4.78 is 0. The van der Waals surface area contributed by atoms with Gasteiger partial charge in [0.15, 0.2) is 0 Å². The van der Waals surface area contributed by atoms with E-state index in [0.717, 1.165) is 0 Å². The van der Waals surface area contributed by atoms with E-state index in [4.69, 9.17) is 5.73 Å². The number of hydrogen-bond acceptors (Lipinski definition) is 1. The van der Waals surface area contributed by atoms with Crippen LogP contribution in [0.1, 0.15) is 91.9 Å². The minimum atomic E-state index is 0. The Morgan fingerprint density at radius 2 is 1.22 bits per heavy atom. The summed E-state index contributed by atoms with van der Waals surface area (Å²) in [6.45, 7) is 9.00. The van der Waals surface area contributed by atoms with E-state index >= 15 is 0 Å². The number of nitrogens with two attached hydrogens (primary N) is 1. The van der Waals surface area contributed by atoms with Crippen LogP contribution in [-0.4, -0.2) is 11.5 Å². The first-order valence-electron chi connectivity index (χ1n) is 7.76. The molecule has 4 N–H and O–H groups in total. The predicted molar refractivity (Wildman–Crippen MR) is 82.9 cm³/mol. The molecule has 18 heavy (non-hydrogen) atoms. The van der Waals surface area contributed by atoms with Crippen LogP contribution in [0.25, 0.3) is 0 Å². The van der Waals surface area contributed by atoms with Crippen LogP contribution >= 0.6 is 0 Å². The lowest BCUT2D eigenvalue weighted by molar-refractivity contribution is 0.266. The Bertz CT molecular complexity index is 166. The van der Waals surface area contributed by atoms with Gasteiger partial charge in [0, 0.05) is 6.04 Å². The summed E-state index contributed by atoms with van der Waals surface area (Å²) in [4.78, 5) is 0. The highest BCUT2D eigenvalue weighted by atomic mass is 16.0. The second-order valence-electron chi connectivity index (χ2n) is 6.36. The van der Waals surface area contributed by atoms with Crippen molar-refractivity contribution < 1.29 is 5.48 Å². The van der Waals surface area contributed by atoms with Gasteiger partial charge < -0.3 is 11.2 Å². The maximum atomic E-state index is 5.98. The van der Waals surface area contributed by atoms with Gasteiger partial charge in [0.25, 0.3) is 0 Å². The molecule has 112 valence electrons. The Morgan fingerprint density at radius 3 is 1.61 bits per heavy atom. The smallest absolute Gasteiger partial charge is 0.00617 e. The molecule has 0 aliphatic carbocycles. The van der Waals surface area contributed by atoms with E-state index in [-0.39, 0.29) is 5.48 Å². The van der Waals surface area contributed by atoms with Gasteiger partial charge in [-0.1, -0.05) is 78.6 Å². The maximum Gasteiger partial charge on any atom is 0.00617 e. The minimum absolute atomic E-state index is 0. The van der Waals surface area contributed by atoms with E-state index in [9.17, 15) is 0 Å². The Morgan fingerprint density at radius 1 is 0.833 bits per heavy atom. The summed E-state index contributed by atoms with van der Waals surface area (Å²) in [6, 6.07) is 0.316. The van der Waals surface area contributed by atoms with Crippen LogP contribution in [-0.2, 0) is 0 Å². The van der Waals surface area contributed by atoms with E-state index in [1.807, 2.05) is 0 Å². The van der Waals surface area contributed by atoms with Gasteiger partial charge in [-0.05, 0) is 18.8 Å². The lowest BCUT2D eigenvalue weighted by Gasteiger charge is -2.28. The largest absolute Gasteiger partial charge is 0.412 e. The molecular formula is C16H37NO. The normalized spacial score (nSPS) is 13.2. The van der Waals surface area contributed by atoms with Crippen molar-refractivity contribution in [3.63, 3.8) is 0 Å². The second-order valence-corrected chi connectivity index (χ2v) is 6.36. The molecule has 1 unspecified atom stereocenters. The van der Waals surface area contributed by atoms with Crippen LogP contribution in [0.5, 0.6) is 0 Å². The van der Waals surface area contributed by atoms with E-state index in [1.54, 1.807) is 0 Å². The molecular weight excluding hydrogens is 222 g/mol. The predicted octanol–water partition coefficient (Wildman–Crippen LogP) is 4.46. The van der Waals surface area contributed by atoms with Crippen LogP contribution < -0.4 is 5.73 Å². The molecule has 2 nitrogen and oxygen atoms in total. The lowest BCUT2D eigenvalue weighted by Crippen LogP contribution is -2.34. The fraction of sp³-hybridized carbons (Fsp3) is 1.00. The van der Waals surface area contributed by atoms with Gasteiger partial charge in [0.2, 0.25) is 0 Å². The van der Waals surface area contributed by atoms with Gasteiger partial charge in [0.1, 0.15) is 0 Å². The van der Waals surface area contributed by atoms with E-state index in [2.05, 4.69) is 27.7 Å². The van der Waals surface area contributed by atoms with Gasteiger partial charge >= 0.3 is 0 Å². The van der Waals surface area contributed by atoms with Gasteiger partial charge in [0.05, 0.1) is 0 Å². The van der Waals surface area contributed by atoms with Crippen LogP contribution in [0, 0.1) is 5.41 Å². The van der Waals surface area contributed by atoms with Gasteiger partial charge in [-0.25, -0.2) is 0 Å². The summed E-state index contributed by atoms with van der Waals surface area (Å²) in [5.74, 6) is 0. The second kappa shape index (κ2) is 12.0. The average Bonchev–Trinajstić information content (AvgIpc) is 2.26. The minimum Gasteiger partial charge on any atom is -0.412 e. The first kappa shape index (κ1) is 20.2. The molecule has 0 saturated heterocycles. The van der Waals surface area contributed by atoms with Gasteiger partial charge in [-0.3, -0.25) is 0 Å². The topological polar surface area (TPSA) is 57.5 Å². The summed E-state index contributed by atoms with van der Waals surface area (Å²) in [7, 11) is 0. The fourth-order valence-corrected chi connectivity index (χ4v) is 2.12. The zero-order chi connectivity index (χ0) is 13.1. The van der Waals surface area contributed by atoms with Crippen molar-refractivity contribution in [3.05, 3.63) is 0 Å². The van der Waals surface area contributed by atoms with Crippen molar-refractivity contribution >= 4 is 0 Å². The zero-order valence-corrected chi connectivity index (χ0v) is 13.2. The SMILES string of the molecule is CCCCCCCCCCCC(C)(C)C(C)N.O. The Kier molecular flexibility index (Phi) is 13.5. The Hall–Kier alpha value is -0.0800. The highest BCUT2D eigenvalue weighted by molar-refractivity contribution is 4.77. The molecule has 0 bridgehead atoms. The molecule has 0 aliphatic rings. The van der Waals surface area contributed by atoms with Crippen molar-refractivity contribution in [3.8, 4) is 0 Å². The molecule has 1 atom stereocenters. The number of hydrogen-bond donors (Lipinski definition) is 1. The molecule has 0 spiro atoms. The van der Waals surface area contributed by atoms with Crippen molar-refractivity contribution in [2.75, 3.05) is 0 Å². The summed E-state index contributed by atoms with van der Waals surface area (Å²) in [5.41, 5.74) is 6.30. The van der Waals surface area contributed by atoms with Crippen LogP contribution in [0.2, 0.25) is 0 Å². The highest BCUT2D eigenvalue weighted by Crippen LogP contribution is 2.26. The van der Waals surface area contributed by atoms with Crippen molar-refractivity contribution in [1.29, 1.82) is 0 Å². The number of rotatable bonds is 11. The monoisotopic (exact) mass is 259 g/mol. The third-order valence-electron chi connectivity index (χ3n) is 4.16. The molecule has 0 amide bonds. The molecule has 0 aliphatic heterocycles. The first-order chi connectivity index (χ1) is 8.00. The quantitative estimate of drug-likeness (QED) is 0.547. The molecule has 0 aromatic carbocycles. The molecule has 0 saturated carbocycles. The number of unbranched alkanes of at least 4 members (excludes halogenated alkanes) is 8. The first-order valence-corrected chi connectivity index (χ1v) is 7.76. The average molecular weight is 259 g/mol. The Balaban J connectivity index is 0. The third-order valence-corrected chi connectivity index (χ3v) is 4.16. The van der Waals surface area contributed by atoms with Crippen molar-refractivity contribution in [2.24, 2.45) is 11.1 Å². The molecule has 0 aromatic rings. The van der Waals surface area contributed by atoms with Crippen LogP contribution in [0.4, 0.5) is 0 Å². The summed E-state index contributed by atoms with van der Waals surface area (Å²) in [5, 5.41) is 0. The van der Waals surface area contributed by atoms with Crippen molar-refractivity contribution in [1.82, 2.24) is 0 Å². The standard InChI is InChI=1S/C16H35N.H2O/c1-5-6-7-8-9-10-11-12-13-14-16(3,4)15(2)17;/h15H,5-14,17H2,1-4H3;1H2. The third kappa shape index (κ3) is 11.0. The van der Waals surface area contributed by atoms with E-state index in [1.165, 1.54) is 64.2 Å². The molecule has 0 aromatic heterocycles. The lowest BCUT2D eigenvalue weighted by atomic mass is 9.81. The molecule has 0 rings (SSSR count). The summed E-state index contributed by atoms with van der Waals surface area (Å²) >= 11 is 0. The van der Waals surface area contributed by atoms with Crippen LogP contribution in [0.15, 0.2) is 0 Å². The van der Waals surface area contributed by atoms with Gasteiger partial charge in [-0.15, -0.1) is 0 Å².